The van der Waals surface area contributed by atoms with Crippen LogP contribution in [-0.2, 0) is 11.2 Å². The average molecular weight is 221 g/mol. The van der Waals surface area contributed by atoms with Crippen molar-refractivity contribution in [2.75, 3.05) is 0 Å². The number of primary amides is 1. The minimum Gasteiger partial charge on any atom is -0.508 e. The molecule has 0 aliphatic heterocycles. The van der Waals surface area contributed by atoms with E-state index in [1.54, 1.807) is 12.1 Å². The molecule has 1 aromatic rings. The molecule has 1 amide bonds. The van der Waals surface area contributed by atoms with Gasteiger partial charge in [-0.25, -0.2) is 0 Å². The molecule has 3 nitrogen and oxygen atoms in total. The van der Waals surface area contributed by atoms with Crippen LogP contribution in [0.15, 0.2) is 24.3 Å². The van der Waals surface area contributed by atoms with Gasteiger partial charge in [0.2, 0.25) is 5.91 Å². The van der Waals surface area contributed by atoms with Crippen molar-refractivity contribution in [2.24, 2.45) is 17.6 Å². The zero-order chi connectivity index (χ0) is 12.1. The Balaban J connectivity index is 2.48. The quantitative estimate of drug-likeness (QED) is 0.799. The Bertz CT molecular complexity index is 345. The summed E-state index contributed by atoms with van der Waals surface area (Å²) in [5.41, 5.74) is 6.39. The van der Waals surface area contributed by atoms with Crippen LogP contribution >= 0.6 is 0 Å². The van der Waals surface area contributed by atoms with Gasteiger partial charge in [-0.15, -0.1) is 0 Å². The van der Waals surface area contributed by atoms with Gasteiger partial charge in [0.25, 0.3) is 0 Å². The molecule has 0 saturated heterocycles. The molecule has 0 aliphatic carbocycles. The van der Waals surface area contributed by atoms with E-state index >= 15 is 0 Å². The van der Waals surface area contributed by atoms with Gasteiger partial charge in [0, 0.05) is 5.92 Å². The molecule has 88 valence electrons. The van der Waals surface area contributed by atoms with Crippen molar-refractivity contribution in [3.05, 3.63) is 29.8 Å². The van der Waals surface area contributed by atoms with Gasteiger partial charge in [0.1, 0.15) is 5.75 Å². The Hall–Kier alpha value is -1.51. The predicted molar refractivity (Wildman–Crippen MR) is 64.0 cm³/mol. The number of hydrogen-bond donors (Lipinski definition) is 2. The van der Waals surface area contributed by atoms with E-state index in [-0.39, 0.29) is 17.6 Å². The highest BCUT2D eigenvalue weighted by Gasteiger charge is 2.13. The Morgan fingerprint density at radius 2 is 1.88 bits per heavy atom. The van der Waals surface area contributed by atoms with Gasteiger partial charge in [0.05, 0.1) is 0 Å². The van der Waals surface area contributed by atoms with E-state index in [0.717, 1.165) is 12.8 Å². The van der Waals surface area contributed by atoms with E-state index in [1.807, 2.05) is 19.1 Å². The largest absolute Gasteiger partial charge is 0.508 e. The molecule has 0 bridgehead atoms. The molecule has 0 radical (unpaired) electrons. The molecule has 0 spiro atoms. The Morgan fingerprint density at radius 3 is 2.38 bits per heavy atom. The summed E-state index contributed by atoms with van der Waals surface area (Å²) in [4.78, 5) is 10.9. The van der Waals surface area contributed by atoms with Gasteiger partial charge in [-0.2, -0.15) is 0 Å². The molecule has 0 unspecified atom stereocenters. The Morgan fingerprint density at radius 1 is 1.31 bits per heavy atom. The SMILES string of the molecule is C[C@@H](Cc1ccc(O)cc1)C[C@H](C)C(N)=O. The topological polar surface area (TPSA) is 63.3 Å². The summed E-state index contributed by atoms with van der Waals surface area (Å²) in [6.45, 7) is 3.96. The fraction of sp³-hybridized carbons (Fsp3) is 0.462. The molecule has 0 fully saturated rings. The molecule has 2 atom stereocenters. The van der Waals surface area contributed by atoms with Gasteiger partial charge in [-0.05, 0) is 36.5 Å². The van der Waals surface area contributed by atoms with E-state index in [1.165, 1.54) is 5.56 Å². The fourth-order valence-electron chi connectivity index (χ4n) is 1.84. The second-order valence-electron chi connectivity index (χ2n) is 4.51. The molecule has 3 N–H and O–H groups in total. The molecule has 0 saturated carbocycles. The highest BCUT2D eigenvalue weighted by atomic mass is 16.3. The molecule has 0 aliphatic rings. The molecule has 1 rings (SSSR count). The van der Waals surface area contributed by atoms with Crippen LogP contribution in [0.2, 0.25) is 0 Å². The molecular formula is C13H19NO2. The molecule has 3 heteroatoms. The summed E-state index contributed by atoms with van der Waals surface area (Å²) in [7, 11) is 0. The van der Waals surface area contributed by atoms with E-state index in [2.05, 4.69) is 6.92 Å². The van der Waals surface area contributed by atoms with Crippen LogP contribution < -0.4 is 5.73 Å². The number of phenolic OH excluding ortho intramolecular Hbond substituents is 1. The lowest BCUT2D eigenvalue weighted by atomic mass is 9.91. The summed E-state index contributed by atoms with van der Waals surface area (Å²) in [5.74, 6) is 0.374. The van der Waals surface area contributed by atoms with Gasteiger partial charge in [-0.3, -0.25) is 4.79 Å². The third-order valence-electron chi connectivity index (χ3n) is 2.76. The van der Waals surface area contributed by atoms with E-state index in [4.69, 9.17) is 10.8 Å². The lowest BCUT2D eigenvalue weighted by Gasteiger charge is -2.14. The van der Waals surface area contributed by atoms with Gasteiger partial charge >= 0.3 is 0 Å². The highest BCUT2D eigenvalue weighted by Crippen LogP contribution is 2.18. The van der Waals surface area contributed by atoms with E-state index in [9.17, 15) is 4.79 Å². The third-order valence-corrected chi connectivity index (χ3v) is 2.76. The lowest BCUT2D eigenvalue weighted by molar-refractivity contribution is -0.121. The van der Waals surface area contributed by atoms with Crippen LogP contribution in [0.1, 0.15) is 25.8 Å². The first kappa shape index (κ1) is 12.6. The number of amides is 1. The summed E-state index contributed by atoms with van der Waals surface area (Å²) >= 11 is 0. The van der Waals surface area contributed by atoms with Gasteiger partial charge in [-0.1, -0.05) is 26.0 Å². The first-order chi connectivity index (χ1) is 7.49. The number of carbonyl (C=O) groups excluding carboxylic acids is 1. The molecule has 0 aromatic heterocycles. The minimum atomic E-state index is -0.238. The molecule has 16 heavy (non-hydrogen) atoms. The van der Waals surface area contributed by atoms with Crippen LogP contribution in [0.4, 0.5) is 0 Å². The number of phenols is 1. The Labute approximate surface area is 96.3 Å². The number of aromatic hydroxyl groups is 1. The highest BCUT2D eigenvalue weighted by molar-refractivity contribution is 5.76. The van der Waals surface area contributed by atoms with E-state index in [0.29, 0.717) is 5.92 Å². The van der Waals surface area contributed by atoms with Crippen LogP contribution in [0.5, 0.6) is 5.75 Å². The Kier molecular flexibility index (Phi) is 4.35. The van der Waals surface area contributed by atoms with Crippen LogP contribution in [-0.4, -0.2) is 11.0 Å². The monoisotopic (exact) mass is 221 g/mol. The second-order valence-corrected chi connectivity index (χ2v) is 4.51. The smallest absolute Gasteiger partial charge is 0.220 e. The van der Waals surface area contributed by atoms with Crippen LogP contribution in [0, 0.1) is 11.8 Å². The predicted octanol–water partition coefficient (Wildman–Crippen LogP) is 2.08. The first-order valence-electron chi connectivity index (χ1n) is 5.56. The third kappa shape index (κ3) is 3.93. The van der Waals surface area contributed by atoms with Crippen molar-refractivity contribution in [1.82, 2.24) is 0 Å². The molecule has 0 heterocycles. The van der Waals surface area contributed by atoms with E-state index < -0.39 is 0 Å². The number of nitrogens with two attached hydrogens (primary N) is 1. The summed E-state index contributed by atoms with van der Waals surface area (Å²) in [5, 5.41) is 9.15. The van der Waals surface area contributed by atoms with Crippen LogP contribution in [0.25, 0.3) is 0 Å². The minimum absolute atomic E-state index is 0.0767. The maximum absolute atomic E-state index is 10.9. The van der Waals surface area contributed by atoms with Crippen molar-refractivity contribution >= 4 is 5.91 Å². The number of benzene rings is 1. The fourth-order valence-corrected chi connectivity index (χ4v) is 1.84. The van der Waals surface area contributed by atoms with Crippen molar-refractivity contribution < 1.29 is 9.90 Å². The average Bonchev–Trinajstić information content (AvgIpc) is 2.21. The lowest BCUT2D eigenvalue weighted by Crippen LogP contribution is -2.22. The van der Waals surface area contributed by atoms with Crippen molar-refractivity contribution in [3.63, 3.8) is 0 Å². The maximum atomic E-state index is 10.9. The second kappa shape index (κ2) is 5.54. The maximum Gasteiger partial charge on any atom is 0.220 e. The van der Waals surface area contributed by atoms with Gasteiger partial charge in [0.15, 0.2) is 0 Å². The standard InChI is InChI=1S/C13H19NO2/c1-9(7-10(2)13(14)16)8-11-3-5-12(15)6-4-11/h3-6,9-10,15H,7-8H2,1-2H3,(H2,14,16)/t9-,10+/m1/s1. The normalized spacial score (nSPS) is 14.4. The first-order valence-corrected chi connectivity index (χ1v) is 5.56. The molecular weight excluding hydrogens is 202 g/mol. The number of rotatable bonds is 5. The van der Waals surface area contributed by atoms with Crippen molar-refractivity contribution in [2.45, 2.75) is 26.7 Å². The van der Waals surface area contributed by atoms with Gasteiger partial charge < -0.3 is 10.8 Å². The summed E-state index contributed by atoms with van der Waals surface area (Å²) in [6, 6.07) is 7.17. The molecule has 1 aromatic carbocycles. The summed E-state index contributed by atoms with van der Waals surface area (Å²) in [6.07, 6.45) is 1.70. The number of hydrogen-bond acceptors (Lipinski definition) is 2. The number of carbonyl (C=O) groups is 1. The summed E-state index contributed by atoms with van der Waals surface area (Å²) < 4.78 is 0. The van der Waals surface area contributed by atoms with Crippen molar-refractivity contribution in [1.29, 1.82) is 0 Å². The van der Waals surface area contributed by atoms with Crippen molar-refractivity contribution in [3.8, 4) is 5.75 Å². The zero-order valence-electron chi connectivity index (χ0n) is 9.81. The van der Waals surface area contributed by atoms with Crippen LogP contribution in [0.3, 0.4) is 0 Å². The zero-order valence-corrected chi connectivity index (χ0v) is 9.81.